The third kappa shape index (κ3) is 4.68. The molecular weight excluding hydrogens is 675 g/mol. The predicted molar refractivity (Wildman–Crippen MR) is 155 cm³/mol. The lowest BCUT2D eigenvalue weighted by atomic mass is 10.0. The minimum Gasteiger partial charge on any atom is -0.388 e. The number of phosphoric acid groups is 1. The molecule has 1 unspecified atom stereocenters. The Morgan fingerprint density at radius 2 is 1.89 bits per heavy atom. The van der Waals surface area contributed by atoms with E-state index in [0.29, 0.717) is 11.2 Å². The van der Waals surface area contributed by atoms with E-state index in [2.05, 4.69) is 42.2 Å². The maximum Gasteiger partial charge on any atom is 0.472 e. The quantitative estimate of drug-likeness (QED) is 0.144. The molecule has 2 saturated carbocycles. The van der Waals surface area contributed by atoms with E-state index in [1.54, 1.807) is 4.57 Å². The number of rotatable bonds is 2. The molecule has 23 heteroatoms. The Balaban J connectivity index is 1.14. The van der Waals surface area contributed by atoms with Gasteiger partial charge in [0.15, 0.2) is 35.0 Å². The third-order valence-corrected chi connectivity index (χ3v) is 11.6. The number of nitrogen functional groups attached to an aromatic ring is 1. The summed E-state index contributed by atoms with van der Waals surface area (Å²) < 4.78 is 73.5. The molecular formula is C23H26FN9O10P2S. The summed E-state index contributed by atoms with van der Waals surface area (Å²) in [5.41, 5.74) is 4.74. The highest BCUT2D eigenvalue weighted by Crippen LogP contribution is 2.73. The molecule has 4 aromatic heterocycles. The molecule has 4 fully saturated rings. The number of alkyl halides is 1. The minimum absolute atomic E-state index is 0.000726. The maximum absolute atomic E-state index is 15.9. The number of fused-ring (bicyclic) bond motifs is 4. The summed E-state index contributed by atoms with van der Waals surface area (Å²) in [6, 6.07) is -0.763. The number of aryl methyl sites for hydroxylation is 1. The van der Waals surface area contributed by atoms with E-state index >= 15 is 4.39 Å². The van der Waals surface area contributed by atoms with Gasteiger partial charge in [-0.05, 0) is 19.3 Å². The molecule has 0 aromatic carbocycles. The number of nitrogens with two attached hydrogens (primary N) is 1. The van der Waals surface area contributed by atoms with Crippen molar-refractivity contribution >= 4 is 55.0 Å². The van der Waals surface area contributed by atoms with Crippen LogP contribution in [0, 0.1) is 18.3 Å². The number of imidazole rings is 2. The number of aromatic amines is 1. The summed E-state index contributed by atoms with van der Waals surface area (Å²) in [6.07, 6.45) is -5.47. The number of aromatic nitrogens is 8. The van der Waals surface area contributed by atoms with Gasteiger partial charge in [-0.3, -0.25) is 27.5 Å². The van der Waals surface area contributed by atoms with Crippen molar-refractivity contribution in [3.63, 3.8) is 0 Å². The van der Waals surface area contributed by atoms with Crippen LogP contribution in [0.25, 0.3) is 22.3 Å². The zero-order chi connectivity index (χ0) is 32.3. The molecule has 2 bridgehead atoms. The van der Waals surface area contributed by atoms with Gasteiger partial charge < -0.3 is 30.0 Å². The number of nitrogens with one attached hydrogen (secondary N) is 1. The summed E-state index contributed by atoms with van der Waals surface area (Å²) >= 11 is 4.10. The molecule has 11 atom stereocenters. The van der Waals surface area contributed by atoms with Crippen molar-refractivity contribution in [2.75, 3.05) is 18.9 Å². The van der Waals surface area contributed by atoms with Gasteiger partial charge in [0.25, 0.3) is 5.56 Å². The van der Waals surface area contributed by atoms with E-state index in [-0.39, 0.29) is 29.2 Å². The van der Waals surface area contributed by atoms with Crippen LogP contribution in [-0.4, -0.2) is 92.8 Å². The molecule has 5 N–H and O–H groups in total. The van der Waals surface area contributed by atoms with Gasteiger partial charge in [0.2, 0.25) is 0 Å². The van der Waals surface area contributed by atoms with Crippen molar-refractivity contribution in [2.24, 2.45) is 11.3 Å². The summed E-state index contributed by atoms with van der Waals surface area (Å²) in [5.74, 6) is -0.105. The lowest BCUT2D eigenvalue weighted by Crippen LogP contribution is -2.37. The van der Waals surface area contributed by atoms with Crippen molar-refractivity contribution in [2.45, 2.75) is 56.2 Å². The molecule has 2 aliphatic carbocycles. The number of phosphoric ester groups is 1. The Morgan fingerprint density at radius 3 is 2.70 bits per heavy atom. The van der Waals surface area contributed by atoms with Gasteiger partial charge in [0.05, 0.1) is 31.9 Å². The number of halogens is 1. The van der Waals surface area contributed by atoms with Crippen LogP contribution in [0.4, 0.5) is 10.2 Å². The summed E-state index contributed by atoms with van der Waals surface area (Å²) in [5, 5.41) is 11.5. The fourth-order valence-corrected chi connectivity index (χ4v) is 9.39. The highest BCUT2D eigenvalue weighted by atomic mass is 32.7. The molecule has 0 radical (unpaired) electrons. The number of aliphatic hydroxyl groups excluding tert-OH is 1. The van der Waals surface area contributed by atoms with Gasteiger partial charge in [-0.1, -0.05) is 12.2 Å². The Morgan fingerprint density at radius 1 is 1.13 bits per heavy atom. The van der Waals surface area contributed by atoms with E-state index in [1.165, 1.54) is 24.1 Å². The molecule has 0 amide bonds. The van der Waals surface area contributed by atoms with Crippen molar-refractivity contribution in [3.05, 3.63) is 35.2 Å². The fourth-order valence-electron chi connectivity index (χ4n) is 6.87. The first-order chi connectivity index (χ1) is 21.8. The number of nitrogens with zero attached hydrogens (tertiary/aromatic N) is 7. The van der Waals surface area contributed by atoms with Crippen LogP contribution in [0.15, 0.2) is 23.8 Å². The SMILES string of the molecule is Cc1nc2c(ncn2[C@@H]2O[C@@H]3CO[P@](=O)(S)O[C@H]4[C@@H](O)[C@H](n5cnc6c(N)ncnc65)[C@H]5C[C@]54COP(=O)(O)O[C@@H]2[C@@H]3F)c(=O)[nH]1. The van der Waals surface area contributed by atoms with Gasteiger partial charge in [-0.25, -0.2) is 38.4 Å². The number of hydrogen-bond acceptors (Lipinski definition) is 15. The second kappa shape index (κ2) is 10.3. The minimum atomic E-state index is -5.06. The van der Waals surface area contributed by atoms with Crippen LogP contribution in [0.2, 0.25) is 0 Å². The summed E-state index contributed by atoms with van der Waals surface area (Å²) in [6.45, 7) is -4.04. The van der Waals surface area contributed by atoms with Crippen LogP contribution in [0.5, 0.6) is 0 Å². The zero-order valence-corrected chi connectivity index (χ0v) is 26.2. The van der Waals surface area contributed by atoms with Crippen molar-refractivity contribution in [1.29, 1.82) is 0 Å². The Hall–Kier alpha value is -2.84. The number of thiol groups is 1. The van der Waals surface area contributed by atoms with E-state index < -0.39 is 87.6 Å². The maximum atomic E-state index is 15.9. The van der Waals surface area contributed by atoms with Gasteiger partial charge >= 0.3 is 14.6 Å². The monoisotopic (exact) mass is 701 g/mol. The number of aliphatic hydroxyl groups is 1. The number of hydrogen-bond donors (Lipinski definition) is 5. The van der Waals surface area contributed by atoms with Crippen LogP contribution in [0.3, 0.4) is 0 Å². The molecule has 4 aliphatic rings. The van der Waals surface area contributed by atoms with E-state index in [4.69, 9.17) is 28.6 Å². The highest BCUT2D eigenvalue weighted by Gasteiger charge is 2.74. The smallest absolute Gasteiger partial charge is 0.388 e. The van der Waals surface area contributed by atoms with Gasteiger partial charge in [-0.2, -0.15) is 0 Å². The van der Waals surface area contributed by atoms with Crippen molar-refractivity contribution in [1.82, 2.24) is 39.0 Å². The number of H-pyrrole nitrogens is 1. The normalized spacial score (nSPS) is 41.1. The van der Waals surface area contributed by atoms with Crippen LogP contribution in [-0.2, 0) is 32.0 Å². The summed E-state index contributed by atoms with van der Waals surface area (Å²) in [7, 11) is -5.06. The van der Waals surface area contributed by atoms with Gasteiger partial charge in [0.1, 0.15) is 42.1 Å². The standard InChI is InChI=1S/C23H26FN9O10P2S/c1-8-30-20-13(21(35)31-8)29-7-33(20)22-16-11(24)10(41-22)3-39-45(38,46)43-17-15(34)14(9-2-23(9,17)4-40-44(36,37)42-16)32-6-28-12-18(25)26-5-27-19(12)32/h5-7,9-11,14-17,22,34H,2-4H2,1H3,(H,36,37)(H,38,46)(H2,25,26,27)(H,30,31,35)/t9-,10-,11-,14-,15+,16-,17+,22-,23+,45+/m1/s1. The van der Waals surface area contributed by atoms with Gasteiger partial charge in [-0.15, -0.1) is 0 Å². The van der Waals surface area contributed by atoms with Crippen LogP contribution < -0.4 is 11.3 Å². The zero-order valence-electron chi connectivity index (χ0n) is 23.6. The molecule has 6 heterocycles. The van der Waals surface area contributed by atoms with Crippen LogP contribution >= 0.6 is 26.9 Å². The van der Waals surface area contributed by atoms with Crippen molar-refractivity contribution < 1.29 is 46.4 Å². The van der Waals surface area contributed by atoms with Gasteiger partial charge in [0, 0.05) is 5.41 Å². The molecule has 8 rings (SSSR count). The predicted octanol–water partition coefficient (Wildman–Crippen LogP) is 0.963. The second-order valence-corrected chi connectivity index (χ2v) is 16.0. The molecule has 2 aliphatic heterocycles. The Labute approximate surface area is 261 Å². The van der Waals surface area contributed by atoms with Crippen molar-refractivity contribution in [3.8, 4) is 0 Å². The fraction of sp³-hybridized carbons (Fsp3) is 0.565. The first kappa shape index (κ1) is 30.5. The Kier molecular flexibility index (Phi) is 6.85. The van der Waals surface area contributed by atoms with E-state index in [9.17, 15) is 23.9 Å². The average Bonchev–Trinajstić information content (AvgIpc) is 3.26. The first-order valence-electron chi connectivity index (χ1n) is 13.9. The molecule has 246 valence electrons. The molecule has 46 heavy (non-hydrogen) atoms. The largest absolute Gasteiger partial charge is 0.472 e. The molecule has 4 aromatic rings. The second-order valence-electron chi connectivity index (χ2n) is 11.7. The summed E-state index contributed by atoms with van der Waals surface area (Å²) in [4.78, 5) is 46.5. The lowest BCUT2D eigenvalue weighted by Gasteiger charge is -2.30. The topological polar surface area (TPSA) is 254 Å². The lowest BCUT2D eigenvalue weighted by molar-refractivity contribution is -0.0586. The van der Waals surface area contributed by atoms with E-state index in [1.807, 2.05) is 0 Å². The third-order valence-electron chi connectivity index (χ3n) is 9.01. The molecule has 19 nitrogen and oxygen atoms in total. The average molecular weight is 702 g/mol. The van der Waals surface area contributed by atoms with Crippen LogP contribution in [0.1, 0.15) is 24.5 Å². The molecule has 1 spiro atoms. The first-order valence-corrected chi connectivity index (χ1v) is 18.1. The van der Waals surface area contributed by atoms with E-state index in [0.717, 1.165) is 6.33 Å². The number of anilines is 1. The number of ether oxygens (including phenoxy) is 1. The highest BCUT2D eigenvalue weighted by molar-refractivity contribution is 8.44. The molecule has 2 saturated heterocycles. The Bertz CT molecular complexity index is 2050.